The molecule has 0 saturated heterocycles. The fourth-order valence-corrected chi connectivity index (χ4v) is 3.44. The largest absolute Gasteiger partial charge is 0.496 e. The topological polar surface area (TPSA) is 38.3 Å². The summed E-state index contributed by atoms with van der Waals surface area (Å²) in [6.45, 7) is 6.21. The Morgan fingerprint density at radius 3 is 2.72 bits per heavy atom. The highest BCUT2D eigenvalue weighted by molar-refractivity contribution is 7.99. The Balaban J connectivity index is 1.97. The van der Waals surface area contributed by atoms with Gasteiger partial charge in [0.05, 0.1) is 12.9 Å². The van der Waals surface area contributed by atoms with Crippen molar-refractivity contribution in [1.82, 2.24) is 0 Å². The van der Waals surface area contributed by atoms with Crippen molar-refractivity contribution in [3.8, 4) is 5.75 Å². The SMILES string of the molecule is COc1ccc(F)cc1CSCC(=O)Nc1c(C)cccc1C(C)C. The Labute approximate surface area is 153 Å². The van der Waals surface area contributed by atoms with Crippen molar-refractivity contribution >= 4 is 23.4 Å². The third-order valence-corrected chi connectivity index (χ3v) is 4.91. The van der Waals surface area contributed by atoms with Gasteiger partial charge in [-0.05, 0) is 42.2 Å². The average Bonchev–Trinajstić information content (AvgIpc) is 2.56. The fraction of sp³-hybridized carbons (Fsp3) is 0.350. The summed E-state index contributed by atoms with van der Waals surface area (Å²) >= 11 is 1.43. The maximum Gasteiger partial charge on any atom is 0.234 e. The number of anilines is 1. The van der Waals surface area contributed by atoms with Crippen LogP contribution in [0.25, 0.3) is 0 Å². The quantitative estimate of drug-likeness (QED) is 0.742. The lowest BCUT2D eigenvalue weighted by Gasteiger charge is -2.16. The van der Waals surface area contributed by atoms with E-state index in [2.05, 4.69) is 19.2 Å². The van der Waals surface area contributed by atoms with Crippen LogP contribution in [0.3, 0.4) is 0 Å². The number of benzene rings is 2. The lowest BCUT2D eigenvalue weighted by molar-refractivity contribution is -0.113. The number of rotatable bonds is 7. The molecule has 0 aliphatic carbocycles. The molecule has 0 spiro atoms. The summed E-state index contributed by atoms with van der Waals surface area (Å²) in [6.07, 6.45) is 0. The summed E-state index contributed by atoms with van der Waals surface area (Å²) in [5, 5.41) is 3.02. The molecule has 0 radical (unpaired) electrons. The maximum absolute atomic E-state index is 13.4. The molecule has 2 aromatic carbocycles. The number of carbonyl (C=O) groups is 1. The number of halogens is 1. The number of amides is 1. The molecule has 0 bridgehead atoms. The molecule has 0 atom stereocenters. The minimum absolute atomic E-state index is 0.0587. The number of hydrogen-bond acceptors (Lipinski definition) is 3. The van der Waals surface area contributed by atoms with E-state index in [1.165, 1.54) is 23.9 Å². The van der Waals surface area contributed by atoms with Crippen LogP contribution >= 0.6 is 11.8 Å². The van der Waals surface area contributed by atoms with Crippen LogP contribution in [0.4, 0.5) is 10.1 Å². The molecule has 0 saturated carbocycles. The van der Waals surface area contributed by atoms with E-state index < -0.39 is 0 Å². The van der Waals surface area contributed by atoms with Gasteiger partial charge in [0.25, 0.3) is 0 Å². The molecule has 0 aromatic heterocycles. The summed E-state index contributed by atoms with van der Waals surface area (Å²) in [5.41, 5.74) is 3.83. The zero-order chi connectivity index (χ0) is 18.4. The summed E-state index contributed by atoms with van der Waals surface area (Å²) in [5.74, 6) is 1.42. The minimum atomic E-state index is -0.303. The van der Waals surface area contributed by atoms with Crippen molar-refractivity contribution in [2.75, 3.05) is 18.2 Å². The molecule has 0 fully saturated rings. The first-order valence-electron chi connectivity index (χ1n) is 8.22. The van der Waals surface area contributed by atoms with Gasteiger partial charge >= 0.3 is 0 Å². The molecule has 5 heteroatoms. The molecule has 2 aromatic rings. The summed E-state index contributed by atoms with van der Waals surface area (Å²) in [7, 11) is 1.56. The van der Waals surface area contributed by atoms with Crippen LogP contribution in [0.5, 0.6) is 5.75 Å². The number of methoxy groups -OCH3 is 1. The molecule has 134 valence electrons. The van der Waals surface area contributed by atoms with Crippen molar-refractivity contribution in [2.45, 2.75) is 32.4 Å². The zero-order valence-corrected chi connectivity index (χ0v) is 15.9. The van der Waals surface area contributed by atoms with Crippen LogP contribution in [0, 0.1) is 12.7 Å². The normalized spacial score (nSPS) is 10.8. The second-order valence-corrected chi connectivity index (χ2v) is 7.18. The summed E-state index contributed by atoms with van der Waals surface area (Å²) in [4.78, 5) is 12.3. The molecule has 1 amide bonds. The second kappa shape index (κ2) is 8.90. The number of hydrogen-bond donors (Lipinski definition) is 1. The molecular weight excluding hydrogens is 337 g/mol. The summed E-state index contributed by atoms with van der Waals surface area (Å²) in [6, 6.07) is 10.5. The lowest BCUT2D eigenvalue weighted by atomic mass is 9.98. The molecule has 0 heterocycles. The number of ether oxygens (including phenoxy) is 1. The van der Waals surface area contributed by atoms with Gasteiger partial charge in [0.1, 0.15) is 11.6 Å². The first kappa shape index (κ1) is 19.3. The van der Waals surface area contributed by atoms with Gasteiger partial charge in [-0.15, -0.1) is 11.8 Å². The van der Waals surface area contributed by atoms with Crippen molar-refractivity contribution in [3.05, 3.63) is 58.9 Å². The van der Waals surface area contributed by atoms with Gasteiger partial charge in [0, 0.05) is 17.0 Å². The first-order valence-corrected chi connectivity index (χ1v) is 9.37. The second-order valence-electron chi connectivity index (χ2n) is 6.19. The molecule has 25 heavy (non-hydrogen) atoms. The highest BCUT2D eigenvalue weighted by Crippen LogP contribution is 2.28. The highest BCUT2D eigenvalue weighted by Gasteiger charge is 2.12. The summed E-state index contributed by atoms with van der Waals surface area (Å²) < 4.78 is 18.6. The number of carbonyl (C=O) groups excluding carboxylic acids is 1. The molecular formula is C20H24FNO2S. The predicted octanol–water partition coefficient (Wildman–Crippen LogP) is 5.14. The van der Waals surface area contributed by atoms with Crippen molar-refractivity contribution < 1.29 is 13.9 Å². The standard InChI is InChI=1S/C20H24FNO2S/c1-13(2)17-7-5-6-14(3)20(17)22-19(23)12-25-11-15-10-16(21)8-9-18(15)24-4/h5-10,13H,11-12H2,1-4H3,(H,22,23). The van der Waals surface area contributed by atoms with E-state index in [9.17, 15) is 9.18 Å². The molecule has 0 aliphatic heterocycles. The Hall–Kier alpha value is -2.01. The number of thioether (sulfide) groups is 1. The molecule has 0 aliphatic rings. The van der Waals surface area contributed by atoms with E-state index in [0.29, 0.717) is 23.2 Å². The third kappa shape index (κ3) is 5.23. The Kier molecular flexibility index (Phi) is 6.88. The van der Waals surface area contributed by atoms with Crippen LogP contribution in [0.2, 0.25) is 0 Å². The third-order valence-electron chi connectivity index (χ3n) is 3.92. The van der Waals surface area contributed by atoms with E-state index >= 15 is 0 Å². The Morgan fingerprint density at radius 2 is 2.04 bits per heavy atom. The maximum atomic E-state index is 13.4. The van der Waals surface area contributed by atoms with Crippen molar-refractivity contribution in [2.24, 2.45) is 0 Å². The van der Waals surface area contributed by atoms with Gasteiger partial charge in [0.2, 0.25) is 5.91 Å². The van der Waals surface area contributed by atoms with Crippen LogP contribution < -0.4 is 10.1 Å². The molecule has 3 nitrogen and oxygen atoms in total. The van der Waals surface area contributed by atoms with Crippen molar-refractivity contribution in [3.63, 3.8) is 0 Å². The number of nitrogens with one attached hydrogen (secondary N) is 1. The average molecular weight is 361 g/mol. The first-order chi connectivity index (χ1) is 11.9. The van der Waals surface area contributed by atoms with Gasteiger partial charge < -0.3 is 10.1 Å². The van der Waals surface area contributed by atoms with E-state index in [-0.39, 0.29) is 11.7 Å². The van der Waals surface area contributed by atoms with Gasteiger partial charge in [-0.2, -0.15) is 0 Å². The lowest BCUT2D eigenvalue weighted by Crippen LogP contribution is -2.16. The zero-order valence-electron chi connectivity index (χ0n) is 15.1. The molecule has 1 N–H and O–H groups in total. The minimum Gasteiger partial charge on any atom is -0.496 e. The fourth-order valence-electron chi connectivity index (χ4n) is 2.63. The number of para-hydroxylation sites is 1. The van der Waals surface area contributed by atoms with Crippen LogP contribution in [-0.2, 0) is 10.5 Å². The van der Waals surface area contributed by atoms with E-state index in [1.807, 2.05) is 25.1 Å². The van der Waals surface area contributed by atoms with E-state index in [0.717, 1.165) is 22.4 Å². The van der Waals surface area contributed by atoms with Gasteiger partial charge in [-0.25, -0.2) is 4.39 Å². The van der Waals surface area contributed by atoms with Crippen LogP contribution in [0.1, 0.15) is 36.5 Å². The van der Waals surface area contributed by atoms with E-state index in [1.54, 1.807) is 13.2 Å². The van der Waals surface area contributed by atoms with Crippen molar-refractivity contribution in [1.29, 1.82) is 0 Å². The van der Waals surface area contributed by atoms with Gasteiger partial charge in [0.15, 0.2) is 0 Å². The molecule has 0 unspecified atom stereocenters. The predicted molar refractivity (Wildman–Crippen MR) is 103 cm³/mol. The van der Waals surface area contributed by atoms with Crippen LogP contribution in [0.15, 0.2) is 36.4 Å². The molecule has 2 rings (SSSR count). The monoisotopic (exact) mass is 361 g/mol. The van der Waals surface area contributed by atoms with E-state index in [4.69, 9.17) is 4.74 Å². The Morgan fingerprint density at radius 1 is 1.28 bits per heavy atom. The van der Waals surface area contributed by atoms with Gasteiger partial charge in [-0.1, -0.05) is 32.0 Å². The number of aryl methyl sites for hydroxylation is 1. The van der Waals surface area contributed by atoms with Gasteiger partial charge in [-0.3, -0.25) is 4.79 Å². The smallest absolute Gasteiger partial charge is 0.234 e. The highest BCUT2D eigenvalue weighted by atomic mass is 32.2. The van der Waals surface area contributed by atoms with Crippen LogP contribution in [-0.4, -0.2) is 18.8 Å². The Bertz CT molecular complexity index is 746.